The van der Waals surface area contributed by atoms with E-state index in [0.29, 0.717) is 59.9 Å². The minimum Gasteiger partial charge on any atom is -0.492 e. The largest absolute Gasteiger partial charge is 0.519 e. The number of pyridine rings is 1. The van der Waals surface area contributed by atoms with Gasteiger partial charge in [0.15, 0.2) is 17.3 Å². The van der Waals surface area contributed by atoms with Crippen LogP contribution in [0.1, 0.15) is 66.1 Å². The summed E-state index contributed by atoms with van der Waals surface area (Å²) in [4.78, 5) is 55.4. The number of anilines is 1. The van der Waals surface area contributed by atoms with Gasteiger partial charge in [0.25, 0.3) is 0 Å². The molecule has 2 fully saturated rings. The molecule has 1 aliphatic carbocycles. The number of nitrogens with zero attached hydrogens (tertiary/aromatic N) is 3. The smallest absolute Gasteiger partial charge is 0.492 e. The van der Waals surface area contributed by atoms with Crippen LogP contribution >= 0.6 is 0 Å². The van der Waals surface area contributed by atoms with Gasteiger partial charge in [-0.1, -0.05) is 42.5 Å². The van der Waals surface area contributed by atoms with E-state index in [0.717, 1.165) is 18.9 Å². The Hall–Kier alpha value is -5.76. The molecule has 3 heterocycles. The summed E-state index contributed by atoms with van der Waals surface area (Å²) in [6, 6.07) is 14.7. The van der Waals surface area contributed by atoms with Crippen molar-refractivity contribution in [1.82, 2.24) is 9.47 Å². The number of ether oxygens (including phenoxy) is 3. The van der Waals surface area contributed by atoms with Gasteiger partial charge in [0, 0.05) is 43.5 Å². The molecule has 2 aliphatic rings. The molecule has 2 aromatic heterocycles. The molecular weight excluding hydrogens is 716 g/mol. The third-order valence-corrected chi connectivity index (χ3v) is 10.3. The molecule has 0 amide bonds. The highest BCUT2D eigenvalue weighted by Crippen LogP contribution is 2.44. The van der Waals surface area contributed by atoms with Crippen molar-refractivity contribution >= 4 is 28.5 Å². The van der Waals surface area contributed by atoms with Crippen molar-refractivity contribution in [2.75, 3.05) is 44.9 Å². The molecule has 288 valence electrons. The van der Waals surface area contributed by atoms with E-state index in [4.69, 9.17) is 23.0 Å². The molecule has 0 N–H and O–H groups in total. The Morgan fingerprint density at radius 2 is 1.71 bits per heavy atom. The van der Waals surface area contributed by atoms with Crippen molar-refractivity contribution in [2.45, 2.75) is 58.2 Å². The molecule has 2 unspecified atom stereocenters. The number of aryl methyl sites for hydroxylation is 1. The number of carbonyl (C=O) groups is 2. The molecule has 12 nitrogen and oxygen atoms in total. The highest BCUT2D eigenvalue weighted by Gasteiger charge is 2.34. The van der Waals surface area contributed by atoms with Gasteiger partial charge in [-0.25, -0.2) is 18.4 Å². The first-order chi connectivity index (χ1) is 26.4. The maximum Gasteiger partial charge on any atom is 0.519 e. The zero-order valence-corrected chi connectivity index (χ0v) is 30.9. The third-order valence-electron chi connectivity index (χ3n) is 10.3. The number of rotatable bonds is 12. The molecule has 5 aromatic rings. The number of esters is 2. The van der Waals surface area contributed by atoms with Crippen molar-refractivity contribution in [2.24, 2.45) is 0 Å². The molecule has 0 spiro atoms. The molecule has 7 rings (SSSR count). The fourth-order valence-corrected chi connectivity index (χ4v) is 7.12. The number of methoxy groups -OCH3 is 1. The van der Waals surface area contributed by atoms with Gasteiger partial charge in [-0.2, -0.15) is 0 Å². The first-order valence-corrected chi connectivity index (χ1v) is 18.2. The second-order valence-electron chi connectivity index (χ2n) is 14.0. The van der Waals surface area contributed by atoms with E-state index in [-0.39, 0.29) is 47.7 Å². The lowest BCUT2D eigenvalue weighted by Gasteiger charge is -2.41. The predicted molar refractivity (Wildman–Crippen MR) is 199 cm³/mol. The summed E-state index contributed by atoms with van der Waals surface area (Å²) in [5.41, 5.74) is 1.13. The molecule has 3 aromatic carbocycles. The summed E-state index contributed by atoms with van der Waals surface area (Å²) in [6.07, 6.45) is 3.00. The van der Waals surface area contributed by atoms with Crippen LogP contribution in [-0.2, 0) is 20.8 Å². The number of carbonyl (C=O) groups excluding carboxylic acids is 2. The Bertz CT molecular complexity index is 2370. The average Bonchev–Trinajstić information content (AvgIpc) is 3.97. The van der Waals surface area contributed by atoms with Crippen LogP contribution in [0.5, 0.6) is 5.75 Å². The number of hydrogen-bond acceptors (Lipinski definition) is 11. The van der Waals surface area contributed by atoms with Gasteiger partial charge >= 0.3 is 17.8 Å². The Labute approximate surface area is 314 Å². The lowest BCUT2D eigenvalue weighted by Crippen LogP contribution is -2.51. The van der Waals surface area contributed by atoms with Crippen molar-refractivity contribution in [3.8, 4) is 16.9 Å². The van der Waals surface area contributed by atoms with Gasteiger partial charge in [0.1, 0.15) is 36.0 Å². The Morgan fingerprint density at radius 3 is 2.36 bits per heavy atom. The molecular formula is C41H41F2N3O9. The second-order valence-corrected chi connectivity index (χ2v) is 14.0. The Morgan fingerprint density at radius 1 is 0.964 bits per heavy atom. The first-order valence-electron chi connectivity index (χ1n) is 18.2. The van der Waals surface area contributed by atoms with Crippen LogP contribution in [0.4, 0.5) is 14.5 Å². The van der Waals surface area contributed by atoms with E-state index in [1.54, 1.807) is 42.7 Å². The number of piperazine rings is 1. The lowest BCUT2D eigenvalue weighted by atomic mass is 9.97. The Balaban J connectivity index is 1.04. The lowest BCUT2D eigenvalue weighted by molar-refractivity contribution is -0.146. The normalized spacial score (nSPS) is 16.6. The molecule has 1 saturated heterocycles. The van der Waals surface area contributed by atoms with Crippen molar-refractivity contribution in [3.05, 3.63) is 116 Å². The third kappa shape index (κ3) is 7.63. The zero-order chi connectivity index (χ0) is 39.0. The van der Waals surface area contributed by atoms with Crippen molar-refractivity contribution in [1.29, 1.82) is 0 Å². The fourth-order valence-electron chi connectivity index (χ4n) is 7.12. The van der Waals surface area contributed by atoms with Gasteiger partial charge in [0.2, 0.25) is 5.43 Å². The predicted octanol–water partition coefficient (Wildman–Crippen LogP) is 6.36. The van der Waals surface area contributed by atoms with Gasteiger partial charge in [-0.05, 0) is 56.9 Å². The maximum absolute atomic E-state index is 16.1. The maximum atomic E-state index is 16.1. The topological polar surface area (TPSA) is 134 Å². The summed E-state index contributed by atoms with van der Waals surface area (Å²) < 4.78 is 59.5. The molecule has 2 atom stereocenters. The minimum absolute atomic E-state index is 0.0256. The van der Waals surface area contributed by atoms with E-state index in [9.17, 15) is 23.6 Å². The average molecular weight is 758 g/mol. The highest BCUT2D eigenvalue weighted by molar-refractivity contribution is 5.97. The van der Waals surface area contributed by atoms with Gasteiger partial charge in [-0.15, -0.1) is 0 Å². The van der Waals surface area contributed by atoms with Crippen LogP contribution in [0.15, 0.2) is 79.2 Å². The second kappa shape index (κ2) is 15.5. The number of halogens is 2. The van der Waals surface area contributed by atoms with Gasteiger partial charge < -0.3 is 32.5 Å². The summed E-state index contributed by atoms with van der Waals surface area (Å²) in [6.45, 7) is 6.31. The zero-order valence-electron chi connectivity index (χ0n) is 30.9. The van der Waals surface area contributed by atoms with Crippen LogP contribution in [0.2, 0.25) is 0 Å². The first kappa shape index (κ1) is 37.6. The van der Waals surface area contributed by atoms with E-state index in [1.165, 1.54) is 19.4 Å². The van der Waals surface area contributed by atoms with Crippen LogP contribution in [0, 0.1) is 18.6 Å². The van der Waals surface area contributed by atoms with Crippen molar-refractivity contribution < 1.29 is 41.4 Å². The Kier molecular flexibility index (Phi) is 10.6. The quantitative estimate of drug-likeness (QED) is 0.104. The number of benzene rings is 3. The van der Waals surface area contributed by atoms with Crippen molar-refractivity contribution in [3.63, 3.8) is 0 Å². The molecule has 55 heavy (non-hydrogen) atoms. The monoisotopic (exact) mass is 757 g/mol. The summed E-state index contributed by atoms with van der Waals surface area (Å²) in [5, 5.41) is -0.0256. The standard InChI is InChI=1S/C41H41F2N3O9/c1-23-20-45(15-14-44(23)22-34-25(3)54-41(50)55-34)36-33(43)19-30-35(38(36)51-4)46(28-11-12-28)21-31(37(30)47)40(49)53-17-16-52-39(48)24(2)27-10-13-29(32(42)18-27)26-8-6-5-7-9-26/h5-10,13,18-19,21,23-24,28H,11-12,14-17,20,22H2,1-4H3. The van der Waals surface area contributed by atoms with Crippen LogP contribution in [0.3, 0.4) is 0 Å². The molecule has 1 aliphatic heterocycles. The number of aromatic nitrogens is 1. The van der Waals surface area contributed by atoms with Crippen LogP contribution < -0.4 is 20.9 Å². The fraction of sp³-hybridized carbons (Fsp3) is 0.366. The molecule has 0 radical (unpaired) electrons. The summed E-state index contributed by atoms with van der Waals surface area (Å²) in [5.74, 6) is -3.24. The van der Waals surface area contributed by atoms with Crippen LogP contribution in [-0.4, -0.2) is 67.4 Å². The molecule has 1 saturated carbocycles. The van der Waals surface area contributed by atoms with E-state index in [2.05, 4.69) is 4.90 Å². The number of fused-ring (bicyclic) bond motifs is 1. The molecule has 14 heteroatoms. The highest BCUT2D eigenvalue weighted by atomic mass is 19.1. The summed E-state index contributed by atoms with van der Waals surface area (Å²) >= 11 is 0. The van der Waals surface area contributed by atoms with E-state index in [1.807, 2.05) is 30.0 Å². The number of hydrogen-bond donors (Lipinski definition) is 0. The molecule has 0 bridgehead atoms. The van der Waals surface area contributed by atoms with E-state index >= 15 is 4.39 Å². The van der Waals surface area contributed by atoms with E-state index < -0.39 is 40.7 Å². The SMILES string of the molecule is COc1c(N2CCN(Cc3oc(=O)oc3C)C(C)C2)c(F)cc2c(=O)c(C(=O)OCCOC(=O)C(C)c3ccc(-c4ccccc4)c(F)c3)cn(C3CC3)c12. The minimum atomic E-state index is -0.943. The van der Waals surface area contributed by atoms with Gasteiger partial charge in [-0.3, -0.25) is 14.5 Å². The summed E-state index contributed by atoms with van der Waals surface area (Å²) in [7, 11) is 1.42. The van der Waals surface area contributed by atoms with Crippen LogP contribution in [0.25, 0.3) is 22.0 Å². The van der Waals surface area contributed by atoms with Gasteiger partial charge in [0.05, 0.1) is 30.5 Å².